The predicted molar refractivity (Wildman–Crippen MR) is 108 cm³/mol. The van der Waals surface area contributed by atoms with Crippen LogP contribution in [0.1, 0.15) is 29.6 Å². The number of amides is 2. The number of carbonyl (C=O) groups excluding carboxylic acids is 2. The van der Waals surface area contributed by atoms with Crippen molar-refractivity contribution in [1.29, 1.82) is 0 Å². The molecule has 1 saturated heterocycles. The molecule has 0 spiro atoms. The fourth-order valence-electron chi connectivity index (χ4n) is 3.25. The van der Waals surface area contributed by atoms with Gasteiger partial charge in [-0.2, -0.15) is 0 Å². The Hall–Kier alpha value is -3.09. The number of hydrogen-bond donors (Lipinski definition) is 1. The topological polar surface area (TPSA) is 61.9 Å². The molecule has 1 N–H and O–H groups in total. The van der Waals surface area contributed by atoms with Gasteiger partial charge in [0.2, 0.25) is 5.91 Å². The van der Waals surface area contributed by atoms with Crippen LogP contribution in [0.2, 0.25) is 0 Å². The van der Waals surface area contributed by atoms with Crippen LogP contribution in [-0.4, -0.2) is 39.6 Å². The van der Waals surface area contributed by atoms with Crippen molar-refractivity contribution in [2.24, 2.45) is 0 Å². The van der Waals surface area contributed by atoms with Gasteiger partial charge in [-0.1, -0.05) is 0 Å². The largest absolute Gasteiger partial charge is 0.495 e. The standard InChI is InChI=1S/C21H24FN3O3/c1-24(2)17-9-7-14(12-16(17)22)21(27)23-15-8-10-19(28-3)18(13-15)25-11-5-4-6-20(25)26/h7-10,12-13H,4-6,11H2,1-3H3,(H,23,27). The number of ether oxygens (including phenoxy) is 1. The van der Waals surface area contributed by atoms with Crippen LogP contribution in [-0.2, 0) is 4.79 Å². The molecular formula is C21H24FN3O3. The molecule has 3 rings (SSSR count). The van der Waals surface area contributed by atoms with Crippen LogP contribution in [0.4, 0.5) is 21.5 Å². The van der Waals surface area contributed by atoms with E-state index in [0.29, 0.717) is 35.8 Å². The van der Waals surface area contributed by atoms with Gasteiger partial charge in [0.05, 0.1) is 18.5 Å². The molecule has 0 bridgehead atoms. The van der Waals surface area contributed by atoms with Crippen LogP contribution in [0.15, 0.2) is 36.4 Å². The number of anilines is 3. The lowest BCUT2D eigenvalue weighted by Gasteiger charge is -2.28. The molecule has 6 nitrogen and oxygen atoms in total. The summed E-state index contributed by atoms with van der Waals surface area (Å²) in [7, 11) is 5.01. The van der Waals surface area contributed by atoms with E-state index >= 15 is 0 Å². The van der Waals surface area contributed by atoms with E-state index in [4.69, 9.17) is 4.74 Å². The lowest BCUT2D eigenvalue weighted by Crippen LogP contribution is -2.35. The van der Waals surface area contributed by atoms with Gasteiger partial charge in [-0.3, -0.25) is 9.59 Å². The second-order valence-electron chi connectivity index (χ2n) is 6.90. The van der Waals surface area contributed by atoms with E-state index in [9.17, 15) is 14.0 Å². The maximum atomic E-state index is 14.2. The summed E-state index contributed by atoms with van der Waals surface area (Å²) < 4.78 is 19.5. The maximum absolute atomic E-state index is 14.2. The molecule has 0 aromatic heterocycles. The fraction of sp³-hybridized carbons (Fsp3) is 0.333. The Labute approximate surface area is 163 Å². The van der Waals surface area contributed by atoms with Crippen molar-refractivity contribution in [3.05, 3.63) is 47.8 Å². The highest BCUT2D eigenvalue weighted by Crippen LogP contribution is 2.33. The fourth-order valence-corrected chi connectivity index (χ4v) is 3.25. The molecule has 1 aliphatic rings. The molecule has 0 atom stereocenters. The highest BCUT2D eigenvalue weighted by Gasteiger charge is 2.23. The van der Waals surface area contributed by atoms with Gasteiger partial charge in [0.1, 0.15) is 11.6 Å². The number of piperidine rings is 1. The highest BCUT2D eigenvalue weighted by molar-refractivity contribution is 6.05. The molecule has 148 valence electrons. The van der Waals surface area contributed by atoms with Crippen molar-refractivity contribution >= 4 is 28.9 Å². The minimum absolute atomic E-state index is 0.0365. The first kappa shape index (κ1) is 19.7. The van der Waals surface area contributed by atoms with E-state index in [1.54, 1.807) is 61.3 Å². The number of benzene rings is 2. The molecule has 7 heteroatoms. The summed E-state index contributed by atoms with van der Waals surface area (Å²) in [5, 5.41) is 2.77. The third-order valence-corrected chi connectivity index (χ3v) is 4.74. The van der Waals surface area contributed by atoms with Gasteiger partial charge in [0.15, 0.2) is 0 Å². The molecule has 0 radical (unpaired) electrons. The van der Waals surface area contributed by atoms with Gasteiger partial charge in [-0.05, 0) is 49.2 Å². The molecule has 0 unspecified atom stereocenters. The van der Waals surface area contributed by atoms with Gasteiger partial charge in [0, 0.05) is 38.3 Å². The predicted octanol–water partition coefficient (Wildman–Crippen LogP) is 3.67. The highest BCUT2D eigenvalue weighted by atomic mass is 19.1. The number of carbonyl (C=O) groups is 2. The first-order valence-corrected chi connectivity index (χ1v) is 9.17. The maximum Gasteiger partial charge on any atom is 0.255 e. The monoisotopic (exact) mass is 385 g/mol. The van der Waals surface area contributed by atoms with Crippen LogP contribution in [0.25, 0.3) is 0 Å². The molecule has 0 saturated carbocycles. The van der Waals surface area contributed by atoms with Crippen LogP contribution >= 0.6 is 0 Å². The van der Waals surface area contributed by atoms with Gasteiger partial charge in [-0.25, -0.2) is 4.39 Å². The molecule has 2 aromatic carbocycles. The van der Waals surface area contributed by atoms with E-state index in [0.717, 1.165) is 12.8 Å². The number of methoxy groups -OCH3 is 1. The number of rotatable bonds is 5. The number of nitrogens with one attached hydrogen (secondary N) is 1. The zero-order valence-electron chi connectivity index (χ0n) is 16.3. The molecule has 0 aliphatic carbocycles. The molecule has 2 aromatic rings. The van der Waals surface area contributed by atoms with Crippen molar-refractivity contribution in [2.75, 3.05) is 42.9 Å². The molecule has 1 fully saturated rings. The van der Waals surface area contributed by atoms with Crippen LogP contribution in [0, 0.1) is 5.82 Å². The number of hydrogen-bond acceptors (Lipinski definition) is 4. The molecule has 1 aliphatic heterocycles. The van der Waals surface area contributed by atoms with Crippen molar-refractivity contribution in [3.63, 3.8) is 0 Å². The summed E-state index contributed by atoms with van der Waals surface area (Å²) in [6.45, 7) is 0.615. The number of halogens is 1. The van der Waals surface area contributed by atoms with Crippen molar-refractivity contribution in [1.82, 2.24) is 0 Å². The zero-order valence-corrected chi connectivity index (χ0v) is 16.3. The normalized spacial score (nSPS) is 14.0. The summed E-state index contributed by atoms with van der Waals surface area (Å²) in [5.41, 5.74) is 1.76. The summed E-state index contributed by atoms with van der Waals surface area (Å²) in [5.74, 6) is -0.290. The summed E-state index contributed by atoms with van der Waals surface area (Å²) in [4.78, 5) is 28.2. The van der Waals surface area contributed by atoms with Crippen molar-refractivity contribution in [2.45, 2.75) is 19.3 Å². The minimum atomic E-state index is -0.466. The SMILES string of the molecule is COc1ccc(NC(=O)c2ccc(N(C)C)c(F)c2)cc1N1CCCCC1=O. The Kier molecular flexibility index (Phi) is 5.82. The summed E-state index contributed by atoms with van der Waals surface area (Å²) in [6.07, 6.45) is 2.29. The van der Waals surface area contributed by atoms with Crippen LogP contribution in [0.5, 0.6) is 5.75 Å². The van der Waals surface area contributed by atoms with Crippen LogP contribution < -0.4 is 19.9 Å². The van der Waals surface area contributed by atoms with Gasteiger partial charge >= 0.3 is 0 Å². The minimum Gasteiger partial charge on any atom is -0.495 e. The average Bonchev–Trinajstić information content (AvgIpc) is 2.68. The van der Waals surface area contributed by atoms with Gasteiger partial charge in [0.25, 0.3) is 5.91 Å². The summed E-state index contributed by atoms with van der Waals surface area (Å²) >= 11 is 0. The molecule has 1 heterocycles. The Morgan fingerprint density at radius 1 is 1.18 bits per heavy atom. The zero-order chi connectivity index (χ0) is 20.3. The van der Waals surface area contributed by atoms with E-state index in [1.165, 1.54) is 6.07 Å². The lowest BCUT2D eigenvalue weighted by atomic mass is 10.1. The van der Waals surface area contributed by atoms with E-state index in [2.05, 4.69) is 5.32 Å². The average molecular weight is 385 g/mol. The number of nitrogens with zero attached hydrogens (tertiary/aromatic N) is 2. The van der Waals surface area contributed by atoms with Crippen molar-refractivity contribution < 1.29 is 18.7 Å². The van der Waals surface area contributed by atoms with E-state index in [-0.39, 0.29) is 11.5 Å². The third kappa shape index (κ3) is 4.08. The second-order valence-corrected chi connectivity index (χ2v) is 6.90. The molecule has 28 heavy (non-hydrogen) atoms. The van der Waals surface area contributed by atoms with Crippen molar-refractivity contribution in [3.8, 4) is 5.75 Å². The third-order valence-electron chi connectivity index (χ3n) is 4.74. The van der Waals surface area contributed by atoms with Gasteiger partial charge < -0.3 is 19.9 Å². The van der Waals surface area contributed by atoms with Crippen LogP contribution in [0.3, 0.4) is 0 Å². The van der Waals surface area contributed by atoms with E-state index in [1.807, 2.05) is 0 Å². The lowest BCUT2D eigenvalue weighted by molar-refractivity contribution is -0.119. The Morgan fingerprint density at radius 3 is 2.61 bits per heavy atom. The quantitative estimate of drug-likeness (QED) is 0.853. The molecule has 2 amide bonds. The molecular weight excluding hydrogens is 361 g/mol. The Morgan fingerprint density at radius 2 is 1.96 bits per heavy atom. The Balaban J connectivity index is 1.84. The second kappa shape index (κ2) is 8.29. The first-order valence-electron chi connectivity index (χ1n) is 9.17. The first-order chi connectivity index (χ1) is 13.4. The summed E-state index contributed by atoms with van der Waals surface area (Å²) in [6, 6.07) is 9.47. The van der Waals surface area contributed by atoms with E-state index < -0.39 is 11.7 Å². The smallest absolute Gasteiger partial charge is 0.255 e. The van der Waals surface area contributed by atoms with Gasteiger partial charge in [-0.15, -0.1) is 0 Å². The Bertz CT molecular complexity index is 898.